The average Bonchev–Trinajstić information content (AvgIpc) is 2.28. The summed E-state index contributed by atoms with van der Waals surface area (Å²) in [4.78, 5) is 33.0. The maximum Gasteiger partial charge on any atom is 0.334 e. The van der Waals surface area contributed by atoms with E-state index in [4.69, 9.17) is 10.2 Å². The highest BCUT2D eigenvalue weighted by atomic mass is 16.4. The molecule has 0 radical (unpaired) electrons. The largest absolute Gasteiger partial charge is 0.479 e. The van der Waals surface area contributed by atoms with Crippen LogP contribution in [-0.4, -0.2) is 39.3 Å². The molecule has 3 N–H and O–H groups in total. The molecular weight excluding hydrogens is 228 g/mol. The highest BCUT2D eigenvalue weighted by Crippen LogP contribution is 1.94. The van der Waals surface area contributed by atoms with Crippen molar-refractivity contribution in [3.05, 3.63) is 34.2 Å². The Morgan fingerprint density at radius 1 is 1.53 bits per heavy atom. The van der Waals surface area contributed by atoms with Gasteiger partial charge in [-0.1, -0.05) is 0 Å². The van der Waals surface area contributed by atoms with Gasteiger partial charge in [0.25, 0.3) is 11.5 Å². The number of pyridine rings is 1. The molecule has 0 aliphatic rings. The summed E-state index contributed by atoms with van der Waals surface area (Å²) >= 11 is 0. The molecule has 1 aromatic heterocycles. The van der Waals surface area contributed by atoms with E-state index in [1.807, 2.05) is 0 Å². The van der Waals surface area contributed by atoms with Gasteiger partial charge in [-0.2, -0.15) is 0 Å². The van der Waals surface area contributed by atoms with Gasteiger partial charge in [0.05, 0.1) is 6.54 Å². The number of hydrogen-bond donors (Lipinski definition) is 3. The molecule has 0 aliphatic heterocycles. The van der Waals surface area contributed by atoms with Crippen molar-refractivity contribution in [1.82, 2.24) is 9.88 Å². The second-order valence-electron chi connectivity index (χ2n) is 3.43. The van der Waals surface area contributed by atoms with E-state index in [0.717, 1.165) is 6.07 Å². The molecule has 0 bridgehead atoms. The predicted octanol–water partition coefficient (Wildman–Crippen LogP) is -1.44. The zero-order valence-electron chi connectivity index (χ0n) is 9.08. The van der Waals surface area contributed by atoms with Crippen LogP contribution in [0.2, 0.25) is 0 Å². The fourth-order valence-corrected chi connectivity index (χ4v) is 1.07. The van der Waals surface area contributed by atoms with E-state index in [2.05, 4.69) is 5.32 Å². The van der Waals surface area contributed by atoms with Crippen LogP contribution in [0, 0.1) is 0 Å². The van der Waals surface area contributed by atoms with Gasteiger partial charge >= 0.3 is 5.97 Å². The molecule has 7 heteroatoms. The first-order valence-corrected chi connectivity index (χ1v) is 4.77. The summed E-state index contributed by atoms with van der Waals surface area (Å²) in [5.74, 6) is -2.03. The number of carbonyl (C=O) groups excluding carboxylic acids is 1. The third-order valence-electron chi connectivity index (χ3n) is 2.11. The number of carboxylic acids is 1. The fourth-order valence-electron chi connectivity index (χ4n) is 1.07. The minimum atomic E-state index is -1.66. The maximum absolute atomic E-state index is 11.5. The van der Waals surface area contributed by atoms with Crippen molar-refractivity contribution in [3.63, 3.8) is 0 Å². The van der Waals surface area contributed by atoms with Crippen LogP contribution in [0.3, 0.4) is 0 Å². The van der Waals surface area contributed by atoms with Crippen molar-refractivity contribution >= 4 is 11.9 Å². The highest BCUT2D eigenvalue weighted by molar-refractivity contribution is 5.94. The number of aliphatic hydroxyl groups excluding tert-OH is 1. The Bertz CT molecular complexity index is 494. The average molecular weight is 240 g/mol. The number of amides is 1. The van der Waals surface area contributed by atoms with Crippen LogP contribution in [0.4, 0.5) is 0 Å². The van der Waals surface area contributed by atoms with E-state index in [1.165, 1.54) is 23.9 Å². The topological polar surface area (TPSA) is 109 Å². The van der Waals surface area contributed by atoms with Crippen molar-refractivity contribution in [1.29, 1.82) is 0 Å². The summed E-state index contributed by atoms with van der Waals surface area (Å²) in [6.45, 7) is -0.413. The molecule has 1 aromatic rings. The van der Waals surface area contributed by atoms with Gasteiger partial charge in [-0.05, 0) is 6.07 Å². The second kappa shape index (κ2) is 5.26. The number of nitrogens with one attached hydrogen (secondary N) is 1. The number of aliphatic carboxylic acids is 1. The molecule has 1 atom stereocenters. The van der Waals surface area contributed by atoms with Gasteiger partial charge in [-0.15, -0.1) is 0 Å². The summed E-state index contributed by atoms with van der Waals surface area (Å²) in [6.07, 6.45) is -0.240. The summed E-state index contributed by atoms with van der Waals surface area (Å²) in [5, 5.41) is 19.5. The normalized spacial score (nSPS) is 11.9. The van der Waals surface area contributed by atoms with Crippen LogP contribution >= 0.6 is 0 Å². The van der Waals surface area contributed by atoms with Crippen molar-refractivity contribution in [2.75, 3.05) is 6.54 Å². The zero-order chi connectivity index (χ0) is 13.0. The van der Waals surface area contributed by atoms with Crippen LogP contribution in [0.25, 0.3) is 0 Å². The molecule has 0 aromatic carbocycles. The summed E-state index contributed by atoms with van der Waals surface area (Å²) in [5.41, 5.74) is -0.234. The molecule has 0 spiro atoms. The standard InChI is InChI=1S/C10H12N2O5/c1-12-3-2-6(4-8(12)14)9(15)11-5-7(13)10(16)17/h2-4,7,13H,5H2,1H3,(H,11,15)(H,16,17)/t7-/m0/s1. The van der Waals surface area contributed by atoms with Crippen molar-refractivity contribution in [2.45, 2.75) is 6.10 Å². The molecule has 0 saturated carbocycles. The van der Waals surface area contributed by atoms with E-state index in [0.29, 0.717) is 0 Å². The number of aromatic nitrogens is 1. The molecule has 0 aliphatic carbocycles. The third kappa shape index (κ3) is 3.42. The van der Waals surface area contributed by atoms with E-state index < -0.39 is 24.5 Å². The zero-order valence-corrected chi connectivity index (χ0v) is 9.08. The second-order valence-corrected chi connectivity index (χ2v) is 3.43. The number of aliphatic hydroxyl groups is 1. The summed E-state index contributed by atoms with van der Waals surface area (Å²) in [7, 11) is 1.54. The summed E-state index contributed by atoms with van der Waals surface area (Å²) in [6, 6.07) is 2.55. The number of carboxylic acid groups (broad SMARTS) is 1. The molecular formula is C10H12N2O5. The van der Waals surface area contributed by atoms with E-state index >= 15 is 0 Å². The van der Waals surface area contributed by atoms with E-state index in [9.17, 15) is 14.4 Å². The van der Waals surface area contributed by atoms with Crippen LogP contribution in [0.1, 0.15) is 10.4 Å². The van der Waals surface area contributed by atoms with Crippen molar-refractivity contribution in [3.8, 4) is 0 Å². The predicted molar refractivity (Wildman–Crippen MR) is 57.7 cm³/mol. The van der Waals surface area contributed by atoms with Gasteiger partial charge in [0.15, 0.2) is 6.10 Å². The first-order valence-electron chi connectivity index (χ1n) is 4.77. The lowest BCUT2D eigenvalue weighted by Crippen LogP contribution is -2.36. The van der Waals surface area contributed by atoms with Crippen LogP contribution < -0.4 is 10.9 Å². The van der Waals surface area contributed by atoms with Gasteiger partial charge in [-0.3, -0.25) is 9.59 Å². The Hall–Kier alpha value is -2.15. The molecule has 92 valence electrons. The molecule has 0 unspecified atom stereocenters. The third-order valence-corrected chi connectivity index (χ3v) is 2.11. The van der Waals surface area contributed by atoms with Gasteiger partial charge in [0, 0.05) is 24.9 Å². The molecule has 1 amide bonds. The number of hydrogen-bond acceptors (Lipinski definition) is 4. The van der Waals surface area contributed by atoms with E-state index in [1.54, 1.807) is 0 Å². The maximum atomic E-state index is 11.5. The Morgan fingerprint density at radius 2 is 2.18 bits per heavy atom. The van der Waals surface area contributed by atoms with Crippen LogP contribution in [0.15, 0.2) is 23.1 Å². The molecule has 1 rings (SSSR count). The van der Waals surface area contributed by atoms with Crippen LogP contribution in [0.5, 0.6) is 0 Å². The monoisotopic (exact) mass is 240 g/mol. The SMILES string of the molecule is Cn1ccc(C(=O)NC[C@H](O)C(=O)O)cc1=O. The lowest BCUT2D eigenvalue weighted by atomic mass is 10.2. The van der Waals surface area contributed by atoms with Gasteiger partial charge in [0.2, 0.25) is 0 Å². The molecule has 7 nitrogen and oxygen atoms in total. The fraction of sp³-hybridized carbons (Fsp3) is 0.300. The Balaban J connectivity index is 2.67. The smallest absolute Gasteiger partial charge is 0.334 e. The lowest BCUT2D eigenvalue weighted by molar-refractivity contribution is -0.146. The Kier molecular flexibility index (Phi) is 4.00. The molecule has 17 heavy (non-hydrogen) atoms. The number of rotatable bonds is 4. The van der Waals surface area contributed by atoms with E-state index in [-0.39, 0.29) is 11.1 Å². The highest BCUT2D eigenvalue weighted by Gasteiger charge is 2.15. The minimum absolute atomic E-state index is 0.116. The number of carbonyl (C=O) groups is 2. The Morgan fingerprint density at radius 3 is 2.71 bits per heavy atom. The molecule has 0 fully saturated rings. The van der Waals surface area contributed by atoms with Crippen LogP contribution in [-0.2, 0) is 11.8 Å². The van der Waals surface area contributed by atoms with Crippen molar-refractivity contribution in [2.24, 2.45) is 7.05 Å². The molecule has 0 saturated heterocycles. The molecule has 1 heterocycles. The number of aryl methyl sites for hydroxylation is 1. The van der Waals surface area contributed by atoms with Crippen molar-refractivity contribution < 1.29 is 19.8 Å². The summed E-state index contributed by atoms with van der Waals surface area (Å²) < 4.78 is 1.29. The quantitative estimate of drug-likeness (QED) is 0.597. The minimum Gasteiger partial charge on any atom is -0.479 e. The van der Waals surface area contributed by atoms with Gasteiger partial charge < -0.3 is 20.1 Å². The first kappa shape index (κ1) is 12.9. The first-order chi connectivity index (χ1) is 7.91. The Labute approximate surface area is 96.3 Å². The van der Waals surface area contributed by atoms with Gasteiger partial charge in [-0.25, -0.2) is 4.79 Å². The van der Waals surface area contributed by atoms with Gasteiger partial charge in [0.1, 0.15) is 0 Å². The number of nitrogens with zero attached hydrogens (tertiary/aromatic N) is 1. The lowest BCUT2D eigenvalue weighted by Gasteiger charge is -2.07.